The van der Waals surface area contributed by atoms with Gasteiger partial charge in [0.2, 0.25) is 0 Å². The fourth-order valence-corrected chi connectivity index (χ4v) is 2.24. The van der Waals surface area contributed by atoms with Gasteiger partial charge in [-0.05, 0) is 72.3 Å². The molecule has 0 saturated carbocycles. The fraction of sp³-hybridized carbons (Fsp3) is 0.176. The molecule has 0 spiro atoms. The highest BCUT2D eigenvalue weighted by molar-refractivity contribution is 14.1. The van der Waals surface area contributed by atoms with E-state index in [1.807, 2.05) is 47.7 Å². The van der Waals surface area contributed by atoms with Crippen LogP contribution >= 0.6 is 22.6 Å². The lowest BCUT2D eigenvalue weighted by Gasteiger charge is -2.12. The molecule has 0 aliphatic rings. The van der Waals surface area contributed by atoms with Gasteiger partial charge in [0.25, 0.3) is 5.91 Å². The van der Waals surface area contributed by atoms with Crippen molar-refractivity contribution in [3.8, 4) is 0 Å². The highest BCUT2D eigenvalue weighted by Crippen LogP contribution is 2.12. The summed E-state index contributed by atoms with van der Waals surface area (Å²) < 4.78 is 11.1. The molecule has 1 unspecified atom stereocenters. The third-order valence-corrected chi connectivity index (χ3v) is 3.51. The Hall–Kier alpha value is -2.09. The van der Waals surface area contributed by atoms with Crippen LogP contribution in [0.5, 0.6) is 0 Å². The lowest BCUT2D eigenvalue weighted by atomic mass is 10.2. The first-order valence-corrected chi connectivity index (χ1v) is 8.03. The van der Waals surface area contributed by atoms with Gasteiger partial charge in [-0.1, -0.05) is 12.1 Å². The Balaban J connectivity index is 1.87. The Morgan fingerprint density at radius 2 is 2.09 bits per heavy atom. The molecule has 1 N–H and O–H groups in total. The number of ether oxygens (including phenoxy) is 1. The number of anilines is 1. The summed E-state index contributed by atoms with van der Waals surface area (Å²) in [4.78, 5) is 23.7. The minimum atomic E-state index is -0.899. The van der Waals surface area contributed by atoms with Crippen molar-refractivity contribution in [1.82, 2.24) is 0 Å². The van der Waals surface area contributed by atoms with Crippen molar-refractivity contribution in [3.63, 3.8) is 0 Å². The van der Waals surface area contributed by atoms with Gasteiger partial charge in [-0.25, -0.2) is 4.79 Å². The van der Waals surface area contributed by atoms with Crippen molar-refractivity contribution in [1.29, 1.82) is 0 Å². The lowest BCUT2D eigenvalue weighted by Crippen LogP contribution is -2.29. The predicted molar refractivity (Wildman–Crippen MR) is 95.8 cm³/mol. The maximum Gasteiger partial charge on any atom is 0.331 e. The number of rotatable bonds is 5. The summed E-state index contributed by atoms with van der Waals surface area (Å²) in [5.41, 5.74) is 1.70. The average Bonchev–Trinajstić information content (AvgIpc) is 2.90. The van der Waals surface area contributed by atoms with Crippen LogP contribution in [0.1, 0.15) is 18.2 Å². The van der Waals surface area contributed by atoms with Gasteiger partial charge in [0, 0.05) is 11.8 Å². The molecule has 2 rings (SSSR count). The highest BCUT2D eigenvalue weighted by Gasteiger charge is 2.16. The molecule has 0 aliphatic carbocycles. The largest absolute Gasteiger partial charge is 0.451 e. The van der Waals surface area contributed by atoms with Crippen LogP contribution in [-0.4, -0.2) is 18.0 Å². The van der Waals surface area contributed by atoms with Gasteiger partial charge in [0.1, 0.15) is 5.76 Å². The van der Waals surface area contributed by atoms with E-state index < -0.39 is 12.1 Å². The smallest absolute Gasteiger partial charge is 0.331 e. The van der Waals surface area contributed by atoms with E-state index in [0.29, 0.717) is 11.4 Å². The third kappa shape index (κ3) is 5.55. The first-order chi connectivity index (χ1) is 10.9. The number of esters is 1. The molecule has 0 saturated heterocycles. The molecule has 1 heterocycles. The molecule has 0 fully saturated rings. The van der Waals surface area contributed by atoms with Crippen LogP contribution in [0.2, 0.25) is 0 Å². The van der Waals surface area contributed by atoms with Gasteiger partial charge in [-0.2, -0.15) is 0 Å². The molecule has 6 heteroatoms. The van der Waals surface area contributed by atoms with E-state index in [2.05, 4.69) is 5.32 Å². The van der Waals surface area contributed by atoms with Crippen LogP contribution in [-0.2, 0) is 14.3 Å². The minimum Gasteiger partial charge on any atom is -0.451 e. The number of furan rings is 1. The number of carbonyl (C=O) groups excluding carboxylic acids is 2. The zero-order valence-electron chi connectivity index (χ0n) is 12.7. The van der Waals surface area contributed by atoms with Crippen molar-refractivity contribution in [2.24, 2.45) is 0 Å². The molecule has 1 amide bonds. The zero-order chi connectivity index (χ0) is 16.8. The van der Waals surface area contributed by atoms with Gasteiger partial charge in [0.15, 0.2) is 9.87 Å². The maximum absolute atomic E-state index is 12.0. The molecule has 23 heavy (non-hydrogen) atoms. The minimum absolute atomic E-state index is 0.384. The molecule has 0 aliphatic heterocycles. The number of carbonyl (C=O) groups is 2. The number of benzene rings is 1. The van der Waals surface area contributed by atoms with E-state index in [1.54, 1.807) is 18.2 Å². The molecule has 1 aromatic heterocycles. The first kappa shape index (κ1) is 17.3. The standard InChI is InChI=1S/C17H16INO4/c1-11-4-3-5-13(10-11)19-17(21)12(2)22-16(20)9-7-14-6-8-15(18)23-14/h3-10,12H,1-2H3,(H,19,21)/b9-7+. The number of hydrogen-bond donors (Lipinski definition) is 1. The van der Waals surface area contributed by atoms with Crippen LogP contribution < -0.4 is 5.32 Å². The lowest BCUT2D eigenvalue weighted by molar-refractivity contribution is -0.148. The van der Waals surface area contributed by atoms with Gasteiger partial charge >= 0.3 is 5.97 Å². The highest BCUT2D eigenvalue weighted by atomic mass is 127. The SMILES string of the molecule is Cc1cccc(NC(=O)C(C)OC(=O)/C=C/c2ccc(I)o2)c1. The zero-order valence-corrected chi connectivity index (χ0v) is 14.9. The summed E-state index contributed by atoms with van der Waals surface area (Å²) in [5, 5.41) is 2.71. The summed E-state index contributed by atoms with van der Waals surface area (Å²) in [6, 6.07) is 10.9. The van der Waals surface area contributed by atoms with E-state index in [4.69, 9.17) is 9.15 Å². The summed E-state index contributed by atoms with van der Waals surface area (Å²) in [5.74, 6) is -0.448. The Bertz CT molecular complexity index is 736. The second kappa shape index (κ2) is 7.96. The number of aryl methyl sites for hydroxylation is 1. The van der Waals surface area contributed by atoms with Crippen molar-refractivity contribution < 1.29 is 18.7 Å². The molecule has 1 atom stereocenters. The number of nitrogens with one attached hydrogen (secondary N) is 1. The summed E-state index contributed by atoms with van der Waals surface area (Å²) in [7, 11) is 0. The molecule has 2 aromatic rings. The second-order valence-electron chi connectivity index (χ2n) is 4.91. The van der Waals surface area contributed by atoms with Crippen molar-refractivity contribution in [2.75, 3.05) is 5.32 Å². The summed E-state index contributed by atoms with van der Waals surface area (Å²) >= 11 is 2.03. The van der Waals surface area contributed by atoms with E-state index in [0.717, 1.165) is 9.33 Å². The van der Waals surface area contributed by atoms with Crippen LogP contribution in [0, 0.1) is 10.7 Å². The molecular formula is C17H16INO4. The molecule has 120 valence electrons. The summed E-state index contributed by atoms with van der Waals surface area (Å²) in [6.07, 6.45) is 1.82. The first-order valence-electron chi connectivity index (χ1n) is 6.95. The molecule has 0 radical (unpaired) electrons. The molecule has 1 aromatic carbocycles. The van der Waals surface area contributed by atoms with Crippen LogP contribution in [0.25, 0.3) is 6.08 Å². The van der Waals surface area contributed by atoms with Crippen molar-refractivity contribution in [3.05, 3.63) is 57.6 Å². The van der Waals surface area contributed by atoms with E-state index in [-0.39, 0.29) is 5.91 Å². The number of hydrogen-bond acceptors (Lipinski definition) is 4. The van der Waals surface area contributed by atoms with Crippen LogP contribution in [0.3, 0.4) is 0 Å². The monoisotopic (exact) mass is 425 g/mol. The summed E-state index contributed by atoms with van der Waals surface area (Å²) in [6.45, 7) is 3.45. The van der Waals surface area contributed by atoms with Crippen LogP contribution in [0.15, 0.2) is 46.9 Å². The van der Waals surface area contributed by atoms with E-state index in [1.165, 1.54) is 19.1 Å². The third-order valence-electron chi connectivity index (χ3n) is 2.93. The fourth-order valence-electron chi connectivity index (χ4n) is 1.80. The Morgan fingerprint density at radius 1 is 1.30 bits per heavy atom. The van der Waals surface area contributed by atoms with Crippen LogP contribution in [0.4, 0.5) is 5.69 Å². The average molecular weight is 425 g/mol. The van der Waals surface area contributed by atoms with Gasteiger partial charge < -0.3 is 14.5 Å². The molecular weight excluding hydrogens is 409 g/mol. The van der Waals surface area contributed by atoms with Crippen molar-refractivity contribution in [2.45, 2.75) is 20.0 Å². The Kier molecular flexibility index (Phi) is 5.97. The van der Waals surface area contributed by atoms with Gasteiger partial charge in [0.05, 0.1) is 0 Å². The van der Waals surface area contributed by atoms with E-state index >= 15 is 0 Å². The van der Waals surface area contributed by atoms with Crippen molar-refractivity contribution >= 4 is 46.2 Å². The van der Waals surface area contributed by atoms with E-state index in [9.17, 15) is 9.59 Å². The van der Waals surface area contributed by atoms with Gasteiger partial charge in [-0.15, -0.1) is 0 Å². The van der Waals surface area contributed by atoms with Gasteiger partial charge in [-0.3, -0.25) is 4.79 Å². The topological polar surface area (TPSA) is 68.5 Å². The Morgan fingerprint density at radius 3 is 2.74 bits per heavy atom. The molecule has 5 nitrogen and oxygen atoms in total. The Labute approximate surface area is 147 Å². The second-order valence-corrected chi connectivity index (χ2v) is 5.98. The number of halogens is 1. The molecule has 0 bridgehead atoms. The quantitative estimate of drug-likeness (QED) is 0.450. The maximum atomic E-state index is 12.0. The predicted octanol–water partition coefficient (Wildman–Crippen LogP) is 3.78. The number of amides is 1. The normalized spacial score (nSPS) is 12.1.